The molecule has 1 amide bonds. The number of nitrogens with zero attached hydrogens (tertiary/aromatic N) is 5. The third kappa shape index (κ3) is 3.58. The van der Waals surface area contributed by atoms with Gasteiger partial charge < -0.3 is 5.32 Å². The summed E-state index contributed by atoms with van der Waals surface area (Å²) >= 11 is 0. The summed E-state index contributed by atoms with van der Waals surface area (Å²) < 4.78 is 3.81. The Bertz CT molecular complexity index is 1220. The van der Waals surface area contributed by atoms with Gasteiger partial charge in [-0.15, -0.1) is 0 Å². The van der Waals surface area contributed by atoms with Crippen molar-refractivity contribution in [3.8, 4) is 11.3 Å². The maximum absolute atomic E-state index is 13.2. The molecule has 1 aromatic carbocycles. The second-order valence-corrected chi connectivity index (χ2v) is 7.31. The number of para-hydroxylation sites is 1. The minimum atomic E-state index is -0.126. The van der Waals surface area contributed by atoms with Crippen molar-refractivity contribution < 1.29 is 4.79 Å². The first-order valence-corrected chi connectivity index (χ1v) is 10.3. The van der Waals surface area contributed by atoms with Crippen molar-refractivity contribution in [2.75, 3.05) is 0 Å². The van der Waals surface area contributed by atoms with E-state index in [-0.39, 0.29) is 5.91 Å². The molecule has 3 aromatic heterocycles. The lowest BCUT2D eigenvalue weighted by molar-refractivity contribution is 0.0952. The number of fused-ring (bicyclic) bond motifs is 1. The number of hydrogen-bond acceptors (Lipinski definition) is 4. The number of rotatable bonds is 6. The lowest BCUT2D eigenvalue weighted by Gasteiger charge is -2.10. The van der Waals surface area contributed by atoms with Crippen molar-refractivity contribution in [1.82, 2.24) is 29.9 Å². The van der Waals surface area contributed by atoms with Crippen LogP contribution in [-0.2, 0) is 19.6 Å². The summed E-state index contributed by atoms with van der Waals surface area (Å²) in [6, 6.07) is 9.60. The first-order valence-electron chi connectivity index (χ1n) is 10.3. The first-order chi connectivity index (χ1) is 14.5. The van der Waals surface area contributed by atoms with Crippen LogP contribution in [0.1, 0.15) is 41.2 Å². The van der Waals surface area contributed by atoms with Crippen molar-refractivity contribution in [3.63, 3.8) is 0 Å². The number of hydrogen-bond donors (Lipinski definition) is 1. The van der Waals surface area contributed by atoms with Crippen molar-refractivity contribution in [2.45, 2.75) is 47.3 Å². The number of benzene rings is 1. The quantitative estimate of drug-likeness (QED) is 0.531. The largest absolute Gasteiger partial charge is 0.348 e. The zero-order valence-corrected chi connectivity index (χ0v) is 17.8. The zero-order valence-electron chi connectivity index (χ0n) is 17.8. The summed E-state index contributed by atoms with van der Waals surface area (Å²) in [5.74, 6) is -0.126. The number of carbonyl (C=O) groups is 1. The van der Waals surface area contributed by atoms with E-state index in [2.05, 4.69) is 22.4 Å². The zero-order chi connectivity index (χ0) is 21.3. The molecule has 1 N–H and O–H groups in total. The summed E-state index contributed by atoms with van der Waals surface area (Å²) in [6.45, 7) is 10.1. The molecule has 0 saturated heterocycles. The number of amides is 1. The molecule has 7 heteroatoms. The van der Waals surface area contributed by atoms with E-state index in [1.165, 1.54) is 0 Å². The molecule has 154 valence electrons. The van der Waals surface area contributed by atoms with Gasteiger partial charge in [0.1, 0.15) is 0 Å². The average molecular weight is 403 g/mol. The Morgan fingerprint density at radius 1 is 1.13 bits per heavy atom. The topological polar surface area (TPSA) is 77.6 Å². The highest BCUT2D eigenvalue weighted by atomic mass is 16.1. The Morgan fingerprint density at radius 2 is 1.93 bits per heavy atom. The van der Waals surface area contributed by atoms with Gasteiger partial charge in [-0.2, -0.15) is 10.2 Å². The number of nitrogens with one attached hydrogen (secondary N) is 1. The molecule has 0 bridgehead atoms. The third-order valence-corrected chi connectivity index (χ3v) is 5.45. The second kappa shape index (κ2) is 8.10. The number of carbonyl (C=O) groups excluding carboxylic acids is 1. The molecule has 0 radical (unpaired) electrons. The standard InChI is InChI=1S/C23H26N6O/c1-5-28-14-20(15(3)27-28)22-11-19(18-9-7-8-10-21(18)26-22)23(30)24-12-17-13-25-29(6-2)16(17)4/h7-11,13-14H,5-6,12H2,1-4H3,(H,24,30). The van der Waals surface area contributed by atoms with Crippen LogP contribution >= 0.6 is 0 Å². The number of aromatic nitrogens is 5. The lowest BCUT2D eigenvalue weighted by Crippen LogP contribution is -2.23. The summed E-state index contributed by atoms with van der Waals surface area (Å²) in [5, 5.41) is 12.8. The Morgan fingerprint density at radius 3 is 2.63 bits per heavy atom. The minimum absolute atomic E-state index is 0.126. The van der Waals surface area contributed by atoms with E-state index < -0.39 is 0 Å². The van der Waals surface area contributed by atoms with Crippen molar-refractivity contribution >= 4 is 16.8 Å². The lowest BCUT2D eigenvalue weighted by atomic mass is 10.0. The smallest absolute Gasteiger partial charge is 0.252 e. The van der Waals surface area contributed by atoms with Gasteiger partial charge in [-0.25, -0.2) is 4.98 Å². The van der Waals surface area contributed by atoms with Gasteiger partial charge in [0.05, 0.1) is 28.7 Å². The highest BCUT2D eigenvalue weighted by molar-refractivity contribution is 6.07. The highest BCUT2D eigenvalue weighted by Gasteiger charge is 2.17. The van der Waals surface area contributed by atoms with Gasteiger partial charge in [-0.3, -0.25) is 14.2 Å². The van der Waals surface area contributed by atoms with Gasteiger partial charge in [-0.05, 0) is 39.8 Å². The number of pyridine rings is 1. The van der Waals surface area contributed by atoms with Crippen LogP contribution in [0.4, 0.5) is 0 Å². The molecule has 4 aromatic rings. The SMILES string of the molecule is CCn1cc(-c2cc(C(=O)NCc3cnn(CC)c3C)c3ccccc3n2)c(C)n1. The van der Waals surface area contributed by atoms with Crippen LogP contribution in [0.2, 0.25) is 0 Å². The van der Waals surface area contributed by atoms with Crippen molar-refractivity contribution in [2.24, 2.45) is 0 Å². The van der Waals surface area contributed by atoms with Gasteiger partial charge >= 0.3 is 0 Å². The highest BCUT2D eigenvalue weighted by Crippen LogP contribution is 2.27. The van der Waals surface area contributed by atoms with Crippen LogP contribution in [0.15, 0.2) is 42.7 Å². The van der Waals surface area contributed by atoms with Crippen LogP contribution in [0.3, 0.4) is 0 Å². The molecule has 0 aliphatic rings. The Kier molecular flexibility index (Phi) is 5.35. The molecule has 30 heavy (non-hydrogen) atoms. The predicted octanol–water partition coefficient (Wildman–Crippen LogP) is 3.88. The van der Waals surface area contributed by atoms with Crippen LogP contribution < -0.4 is 5.32 Å². The monoisotopic (exact) mass is 402 g/mol. The third-order valence-electron chi connectivity index (χ3n) is 5.45. The molecule has 0 atom stereocenters. The second-order valence-electron chi connectivity index (χ2n) is 7.31. The van der Waals surface area contributed by atoms with Crippen LogP contribution in [0.5, 0.6) is 0 Å². The van der Waals surface area contributed by atoms with Gasteiger partial charge in [0.15, 0.2) is 0 Å². The average Bonchev–Trinajstić information content (AvgIpc) is 3.32. The van der Waals surface area contributed by atoms with Gasteiger partial charge in [0.25, 0.3) is 5.91 Å². The molecule has 0 unspecified atom stereocenters. The molecular formula is C23H26N6O. The van der Waals surface area contributed by atoms with E-state index in [9.17, 15) is 4.79 Å². The van der Waals surface area contributed by atoms with E-state index in [4.69, 9.17) is 4.98 Å². The number of aryl methyl sites for hydroxylation is 3. The normalized spacial score (nSPS) is 11.2. The first kappa shape index (κ1) is 19.8. The van der Waals surface area contributed by atoms with Crippen LogP contribution in [0.25, 0.3) is 22.2 Å². The fourth-order valence-corrected chi connectivity index (χ4v) is 3.68. The van der Waals surface area contributed by atoms with E-state index >= 15 is 0 Å². The van der Waals surface area contributed by atoms with Crippen molar-refractivity contribution in [1.29, 1.82) is 0 Å². The molecule has 0 saturated carbocycles. The fraction of sp³-hybridized carbons (Fsp3) is 0.304. The minimum Gasteiger partial charge on any atom is -0.348 e. The van der Waals surface area contributed by atoms with Gasteiger partial charge in [0, 0.05) is 48.0 Å². The fourth-order valence-electron chi connectivity index (χ4n) is 3.68. The summed E-state index contributed by atoms with van der Waals surface area (Å²) in [4.78, 5) is 18.0. The summed E-state index contributed by atoms with van der Waals surface area (Å²) in [7, 11) is 0. The van der Waals surface area contributed by atoms with E-state index in [1.807, 2.05) is 72.9 Å². The predicted molar refractivity (Wildman–Crippen MR) is 117 cm³/mol. The molecule has 3 heterocycles. The molecule has 4 rings (SSSR count). The molecule has 0 aliphatic carbocycles. The molecule has 7 nitrogen and oxygen atoms in total. The Balaban J connectivity index is 1.70. The van der Waals surface area contributed by atoms with Crippen LogP contribution in [0, 0.1) is 13.8 Å². The summed E-state index contributed by atoms with van der Waals surface area (Å²) in [5.41, 5.74) is 6.08. The molecule has 0 fully saturated rings. The maximum atomic E-state index is 13.2. The maximum Gasteiger partial charge on any atom is 0.252 e. The van der Waals surface area contributed by atoms with E-state index in [1.54, 1.807) is 0 Å². The van der Waals surface area contributed by atoms with Crippen LogP contribution in [-0.4, -0.2) is 30.5 Å². The van der Waals surface area contributed by atoms with E-state index in [0.717, 1.165) is 52.2 Å². The molecule has 0 spiro atoms. The Hall–Kier alpha value is -3.48. The van der Waals surface area contributed by atoms with Gasteiger partial charge in [-0.1, -0.05) is 18.2 Å². The van der Waals surface area contributed by atoms with Gasteiger partial charge in [0.2, 0.25) is 0 Å². The molecular weight excluding hydrogens is 376 g/mol. The van der Waals surface area contributed by atoms with Crippen molar-refractivity contribution in [3.05, 3.63) is 65.2 Å². The Labute approximate surface area is 175 Å². The summed E-state index contributed by atoms with van der Waals surface area (Å²) in [6.07, 6.45) is 3.80. The van der Waals surface area contributed by atoms with E-state index in [0.29, 0.717) is 12.1 Å². The molecule has 0 aliphatic heterocycles.